The number of halogens is 1. The molecule has 0 spiro atoms. The first-order chi connectivity index (χ1) is 11.4. The molecular formula is C20H18BrNO. The van der Waals surface area contributed by atoms with E-state index in [1.807, 2.05) is 54.6 Å². The standard InChI is InChI=1S/C20H18BrNO/c21-15-16-23-20-14-8-7-13-19(20)22(17-9-3-1-4-10-17)18-11-5-2-6-12-18/h1-14H,15-16H2. The molecule has 2 nitrogen and oxygen atoms in total. The fourth-order valence-electron chi connectivity index (χ4n) is 2.49. The van der Waals surface area contributed by atoms with E-state index in [2.05, 4.69) is 51.2 Å². The Hall–Kier alpha value is -2.26. The summed E-state index contributed by atoms with van der Waals surface area (Å²) in [6.07, 6.45) is 0. The molecule has 0 aromatic heterocycles. The second kappa shape index (κ2) is 7.84. The molecule has 116 valence electrons. The molecule has 0 saturated heterocycles. The van der Waals surface area contributed by atoms with Gasteiger partial charge in [-0.1, -0.05) is 64.5 Å². The van der Waals surface area contributed by atoms with Crippen molar-refractivity contribution in [1.82, 2.24) is 0 Å². The minimum Gasteiger partial charge on any atom is -0.491 e. The average Bonchev–Trinajstić information content (AvgIpc) is 2.63. The molecule has 0 aliphatic heterocycles. The Morgan fingerprint density at radius 3 is 1.78 bits per heavy atom. The van der Waals surface area contributed by atoms with Gasteiger partial charge in [-0.25, -0.2) is 0 Å². The van der Waals surface area contributed by atoms with Gasteiger partial charge in [-0.15, -0.1) is 0 Å². The molecule has 0 radical (unpaired) electrons. The fourth-order valence-corrected chi connectivity index (χ4v) is 2.66. The number of hydrogen-bond acceptors (Lipinski definition) is 2. The highest BCUT2D eigenvalue weighted by atomic mass is 79.9. The van der Waals surface area contributed by atoms with E-state index in [9.17, 15) is 0 Å². The van der Waals surface area contributed by atoms with Gasteiger partial charge in [-0.05, 0) is 36.4 Å². The number of alkyl halides is 1. The number of benzene rings is 3. The summed E-state index contributed by atoms with van der Waals surface area (Å²) in [7, 11) is 0. The van der Waals surface area contributed by atoms with E-state index in [-0.39, 0.29) is 0 Å². The van der Waals surface area contributed by atoms with Crippen molar-refractivity contribution in [2.45, 2.75) is 0 Å². The van der Waals surface area contributed by atoms with Gasteiger partial charge < -0.3 is 9.64 Å². The number of hydrogen-bond donors (Lipinski definition) is 0. The van der Waals surface area contributed by atoms with Crippen molar-refractivity contribution in [3.8, 4) is 5.75 Å². The lowest BCUT2D eigenvalue weighted by Gasteiger charge is -2.27. The Kier molecular flexibility index (Phi) is 5.33. The Bertz CT molecular complexity index is 691. The largest absolute Gasteiger partial charge is 0.491 e. The Balaban J connectivity index is 2.10. The third-order valence-corrected chi connectivity index (χ3v) is 3.79. The molecule has 3 rings (SSSR count). The zero-order chi connectivity index (χ0) is 15.9. The van der Waals surface area contributed by atoms with Gasteiger partial charge in [0, 0.05) is 16.7 Å². The number of nitrogens with zero attached hydrogens (tertiary/aromatic N) is 1. The van der Waals surface area contributed by atoms with Gasteiger partial charge in [-0.2, -0.15) is 0 Å². The highest BCUT2D eigenvalue weighted by Crippen LogP contribution is 2.39. The van der Waals surface area contributed by atoms with E-state index >= 15 is 0 Å². The van der Waals surface area contributed by atoms with Crippen LogP contribution in [0.1, 0.15) is 0 Å². The number of rotatable bonds is 6. The van der Waals surface area contributed by atoms with Crippen molar-refractivity contribution >= 4 is 33.0 Å². The van der Waals surface area contributed by atoms with Crippen molar-refractivity contribution in [1.29, 1.82) is 0 Å². The van der Waals surface area contributed by atoms with Gasteiger partial charge in [0.15, 0.2) is 0 Å². The molecule has 0 N–H and O–H groups in total. The van der Waals surface area contributed by atoms with Crippen LogP contribution in [0.15, 0.2) is 84.9 Å². The molecule has 0 unspecified atom stereocenters. The summed E-state index contributed by atoms with van der Waals surface area (Å²) in [6.45, 7) is 0.633. The van der Waals surface area contributed by atoms with Crippen molar-refractivity contribution in [3.05, 3.63) is 84.9 Å². The predicted octanol–water partition coefficient (Wildman–Crippen LogP) is 5.93. The molecule has 0 saturated carbocycles. The van der Waals surface area contributed by atoms with E-state index in [1.165, 1.54) is 0 Å². The first-order valence-electron chi connectivity index (χ1n) is 7.58. The normalized spacial score (nSPS) is 10.3. The van der Waals surface area contributed by atoms with E-state index in [0.29, 0.717) is 6.61 Å². The Morgan fingerprint density at radius 2 is 1.22 bits per heavy atom. The molecular weight excluding hydrogens is 350 g/mol. The minimum atomic E-state index is 0.633. The predicted molar refractivity (Wildman–Crippen MR) is 100 cm³/mol. The first kappa shape index (κ1) is 15.6. The molecule has 0 heterocycles. The maximum atomic E-state index is 5.92. The molecule has 0 aliphatic carbocycles. The van der Waals surface area contributed by atoms with Crippen LogP contribution in [-0.4, -0.2) is 11.9 Å². The van der Waals surface area contributed by atoms with Crippen LogP contribution in [0.5, 0.6) is 5.75 Å². The van der Waals surface area contributed by atoms with Gasteiger partial charge in [0.05, 0.1) is 12.3 Å². The molecule has 23 heavy (non-hydrogen) atoms. The molecule has 0 fully saturated rings. The SMILES string of the molecule is BrCCOc1ccccc1N(c1ccccc1)c1ccccc1. The van der Waals surface area contributed by atoms with E-state index in [0.717, 1.165) is 28.1 Å². The van der Waals surface area contributed by atoms with E-state index in [1.54, 1.807) is 0 Å². The maximum Gasteiger partial charge on any atom is 0.143 e. The third kappa shape index (κ3) is 3.74. The summed E-state index contributed by atoms with van der Waals surface area (Å²) in [6, 6.07) is 28.8. The topological polar surface area (TPSA) is 12.5 Å². The van der Waals surface area contributed by atoms with Crippen LogP contribution in [-0.2, 0) is 0 Å². The maximum absolute atomic E-state index is 5.92. The van der Waals surface area contributed by atoms with E-state index < -0.39 is 0 Å². The number of ether oxygens (including phenoxy) is 1. The fraction of sp³-hybridized carbons (Fsp3) is 0.100. The monoisotopic (exact) mass is 367 g/mol. The summed E-state index contributed by atoms with van der Waals surface area (Å²) in [5.41, 5.74) is 3.24. The number of anilines is 3. The molecule has 0 bridgehead atoms. The van der Waals surface area contributed by atoms with Gasteiger partial charge in [0.25, 0.3) is 0 Å². The molecule has 0 amide bonds. The van der Waals surface area contributed by atoms with Crippen LogP contribution in [0.25, 0.3) is 0 Å². The lowest BCUT2D eigenvalue weighted by atomic mass is 10.2. The second-order valence-corrected chi connectivity index (χ2v) is 5.80. The third-order valence-electron chi connectivity index (χ3n) is 3.47. The van der Waals surface area contributed by atoms with Crippen LogP contribution in [0, 0.1) is 0 Å². The van der Waals surface area contributed by atoms with Gasteiger partial charge >= 0.3 is 0 Å². The van der Waals surface area contributed by atoms with E-state index in [4.69, 9.17) is 4.74 Å². The highest BCUT2D eigenvalue weighted by Gasteiger charge is 2.15. The zero-order valence-electron chi connectivity index (χ0n) is 12.7. The Labute approximate surface area is 145 Å². The van der Waals surface area contributed by atoms with Crippen molar-refractivity contribution in [2.75, 3.05) is 16.8 Å². The first-order valence-corrected chi connectivity index (χ1v) is 8.70. The molecule has 0 atom stereocenters. The molecule has 3 aromatic carbocycles. The van der Waals surface area contributed by atoms with Crippen LogP contribution >= 0.6 is 15.9 Å². The van der Waals surface area contributed by atoms with Gasteiger partial charge in [0.2, 0.25) is 0 Å². The van der Waals surface area contributed by atoms with Crippen LogP contribution in [0.2, 0.25) is 0 Å². The van der Waals surface area contributed by atoms with Crippen molar-refractivity contribution in [2.24, 2.45) is 0 Å². The van der Waals surface area contributed by atoms with Crippen LogP contribution in [0.4, 0.5) is 17.1 Å². The summed E-state index contributed by atoms with van der Waals surface area (Å²) in [5.74, 6) is 0.875. The van der Waals surface area contributed by atoms with Gasteiger partial charge in [0.1, 0.15) is 5.75 Å². The lowest BCUT2D eigenvalue weighted by molar-refractivity contribution is 0.346. The summed E-state index contributed by atoms with van der Waals surface area (Å²) >= 11 is 3.42. The minimum absolute atomic E-state index is 0.633. The summed E-state index contributed by atoms with van der Waals surface area (Å²) in [5, 5.41) is 0.804. The zero-order valence-corrected chi connectivity index (χ0v) is 14.3. The quantitative estimate of drug-likeness (QED) is 0.500. The van der Waals surface area contributed by atoms with Crippen LogP contribution in [0.3, 0.4) is 0 Å². The van der Waals surface area contributed by atoms with Crippen molar-refractivity contribution in [3.63, 3.8) is 0 Å². The molecule has 0 aliphatic rings. The second-order valence-electron chi connectivity index (χ2n) is 5.01. The van der Waals surface area contributed by atoms with Crippen LogP contribution < -0.4 is 9.64 Å². The highest BCUT2D eigenvalue weighted by molar-refractivity contribution is 9.09. The molecule has 3 aromatic rings. The smallest absolute Gasteiger partial charge is 0.143 e. The number of para-hydroxylation sites is 4. The average molecular weight is 368 g/mol. The Morgan fingerprint density at radius 1 is 0.696 bits per heavy atom. The summed E-state index contributed by atoms with van der Waals surface area (Å²) in [4.78, 5) is 2.21. The lowest BCUT2D eigenvalue weighted by Crippen LogP contribution is -2.12. The van der Waals surface area contributed by atoms with Gasteiger partial charge in [-0.3, -0.25) is 0 Å². The van der Waals surface area contributed by atoms with Crippen molar-refractivity contribution < 1.29 is 4.74 Å². The molecule has 3 heteroatoms. The summed E-state index contributed by atoms with van der Waals surface area (Å²) < 4.78 is 5.92.